The number of amides is 1. The van der Waals surface area contributed by atoms with Crippen LogP contribution in [0.3, 0.4) is 0 Å². The molecule has 112 valence electrons. The molecule has 0 saturated carbocycles. The van der Waals surface area contributed by atoms with E-state index >= 15 is 0 Å². The molecule has 20 heavy (non-hydrogen) atoms. The Kier molecular flexibility index (Phi) is 4.73. The molecule has 1 amide bonds. The van der Waals surface area contributed by atoms with E-state index in [1.807, 2.05) is 0 Å². The normalized spacial score (nSPS) is 15.8. The molecule has 0 bridgehead atoms. The van der Waals surface area contributed by atoms with E-state index in [9.17, 15) is 18.1 Å². The van der Waals surface area contributed by atoms with Gasteiger partial charge in [0.2, 0.25) is 5.91 Å². The zero-order valence-electron chi connectivity index (χ0n) is 10.0. The first-order chi connectivity index (χ1) is 8.81. The smallest absolute Gasteiger partial charge is 0.368 e. The van der Waals surface area contributed by atoms with Crippen LogP contribution >= 0.6 is 36.2 Å². The van der Waals surface area contributed by atoms with Crippen LogP contribution in [0.15, 0.2) is 22.7 Å². The summed E-state index contributed by atoms with van der Waals surface area (Å²) in [4.78, 5) is 28.6. The third-order valence-electron chi connectivity index (χ3n) is 2.70. The molecule has 1 atom stereocenters. The van der Waals surface area contributed by atoms with Crippen molar-refractivity contribution in [1.29, 1.82) is 0 Å². The van der Waals surface area contributed by atoms with E-state index in [-0.39, 0.29) is 10.0 Å². The summed E-state index contributed by atoms with van der Waals surface area (Å²) < 4.78 is 36.4. The number of alkyl halides is 2. The molecule has 0 aromatic heterocycles. The van der Waals surface area contributed by atoms with Crippen LogP contribution in [0.25, 0.3) is 0 Å². The highest BCUT2D eigenvalue weighted by Gasteiger charge is 2.51. The SMILES string of the molecule is CC(S)(C(N)=O)c1ccc(C(F)(F)P(=O)(O)O)c(Br)c1. The predicted octanol–water partition coefficient (Wildman–Crippen LogP) is 2.31. The molecule has 0 fully saturated rings. The highest BCUT2D eigenvalue weighted by Crippen LogP contribution is 2.60. The van der Waals surface area contributed by atoms with Crippen molar-refractivity contribution in [3.05, 3.63) is 33.8 Å². The number of rotatable bonds is 4. The second-order valence-electron chi connectivity index (χ2n) is 4.22. The van der Waals surface area contributed by atoms with Gasteiger partial charge < -0.3 is 15.5 Å². The van der Waals surface area contributed by atoms with Crippen molar-refractivity contribution >= 4 is 42.1 Å². The molecular weight excluding hydrogens is 379 g/mol. The lowest BCUT2D eigenvalue weighted by Crippen LogP contribution is -2.33. The van der Waals surface area contributed by atoms with Gasteiger partial charge in [-0.15, -0.1) is 0 Å². The Labute approximate surface area is 127 Å². The molecular formula is C10H11BrF2NO4PS. The molecule has 4 N–H and O–H groups in total. The van der Waals surface area contributed by atoms with E-state index in [0.29, 0.717) is 0 Å². The fourth-order valence-corrected chi connectivity index (χ4v) is 2.79. The first-order valence-corrected chi connectivity index (χ1v) is 7.93. The van der Waals surface area contributed by atoms with Crippen LogP contribution in [0.4, 0.5) is 8.78 Å². The Morgan fingerprint density at radius 1 is 1.45 bits per heavy atom. The maximum absolute atomic E-state index is 13.6. The van der Waals surface area contributed by atoms with Gasteiger partial charge in [-0.05, 0) is 18.6 Å². The molecule has 0 aliphatic heterocycles. The fraction of sp³-hybridized carbons (Fsp3) is 0.300. The van der Waals surface area contributed by atoms with Crippen LogP contribution in [0.5, 0.6) is 0 Å². The number of primary amides is 1. The Balaban J connectivity index is 3.40. The molecule has 0 spiro atoms. The van der Waals surface area contributed by atoms with Gasteiger partial charge in [0.05, 0.1) is 0 Å². The summed E-state index contributed by atoms with van der Waals surface area (Å²) in [7, 11) is -5.67. The fourth-order valence-electron chi connectivity index (χ4n) is 1.36. The first-order valence-electron chi connectivity index (χ1n) is 5.08. The minimum atomic E-state index is -5.67. The van der Waals surface area contributed by atoms with Crippen LogP contribution < -0.4 is 5.73 Å². The van der Waals surface area contributed by atoms with Gasteiger partial charge in [-0.2, -0.15) is 21.4 Å². The van der Waals surface area contributed by atoms with E-state index in [2.05, 4.69) is 28.6 Å². The summed E-state index contributed by atoms with van der Waals surface area (Å²) in [5.74, 6) is -0.790. The molecule has 1 aromatic carbocycles. The molecule has 10 heteroatoms. The minimum Gasteiger partial charge on any atom is -0.368 e. The van der Waals surface area contributed by atoms with E-state index in [0.717, 1.165) is 18.2 Å². The number of halogens is 3. The molecule has 0 saturated heterocycles. The van der Waals surface area contributed by atoms with Gasteiger partial charge in [0.25, 0.3) is 0 Å². The summed E-state index contributed by atoms with van der Waals surface area (Å²) >= 11 is 6.85. The van der Waals surface area contributed by atoms with Gasteiger partial charge in [-0.3, -0.25) is 9.36 Å². The van der Waals surface area contributed by atoms with Crippen molar-refractivity contribution in [3.8, 4) is 0 Å². The second kappa shape index (κ2) is 5.38. The van der Waals surface area contributed by atoms with E-state index in [1.54, 1.807) is 0 Å². The molecule has 0 aliphatic carbocycles. The number of hydrogen-bond acceptors (Lipinski definition) is 3. The van der Waals surface area contributed by atoms with Gasteiger partial charge in [0.15, 0.2) is 0 Å². The number of thiol groups is 1. The predicted molar refractivity (Wildman–Crippen MR) is 75.6 cm³/mol. The minimum absolute atomic E-state index is 0.213. The summed E-state index contributed by atoms with van der Waals surface area (Å²) in [5.41, 5.74) is 0.126. The molecule has 1 unspecified atom stereocenters. The van der Waals surface area contributed by atoms with Crippen molar-refractivity contribution in [1.82, 2.24) is 0 Å². The standard InChI is InChI=1S/C10H11BrF2NO4PS/c1-9(20,8(14)15)5-2-3-6(7(11)4-5)10(12,13)19(16,17)18/h2-4,20H,1H3,(H2,14,15)(H2,16,17,18). The topological polar surface area (TPSA) is 101 Å². The molecule has 0 radical (unpaired) electrons. The summed E-state index contributed by atoms with van der Waals surface area (Å²) in [5, 5.41) is 0. The highest BCUT2D eigenvalue weighted by atomic mass is 79.9. The van der Waals surface area contributed by atoms with Gasteiger partial charge in [-0.25, -0.2) is 0 Å². The number of nitrogens with two attached hydrogens (primary N) is 1. The quantitative estimate of drug-likeness (QED) is 0.468. The number of carbonyl (C=O) groups is 1. The third kappa shape index (κ3) is 3.07. The monoisotopic (exact) mass is 389 g/mol. The molecule has 0 heterocycles. The van der Waals surface area contributed by atoms with Gasteiger partial charge in [-0.1, -0.05) is 28.1 Å². The van der Waals surface area contributed by atoms with Crippen molar-refractivity contribution in [2.75, 3.05) is 0 Å². The number of hydrogen-bond donors (Lipinski definition) is 4. The Hall–Kier alpha value is -0.470. The zero-order chi connectivity index (χ0) is 15.9. The number of benzene rings is 1. The highest BCUT2D eigenvalue weighted by molar-refractivity contribution is 9.10. The van der Waals surface area contributed by atoms with Crippen molar-refractivity contribution in [2.24, 2.45) is 5.73 Å². The average Bonchev–Trinajstić information content (AvgIpc) is 2.26. The maximum Gasteiger partial charge on any atom is 0.399 e. The Morgan fingerprint density at radius 2 is 1.95 bits per heavy atom. The van der Waals surface area contributed by atoms with E-state index in [1.165, 1.54) is 6.92 Å². The van der Waals surface area contributed by atoms with Crippen LogP contribution in [-0.2, 0) is 19.8 Å². The number of carbonyl (C=O) groups excluding carboxylic acids is 1. The largest absolute Gasteiger partial charge is 0.399 e. The van der Waals surface area contributed by atoms with Crippen molar-refractivity contribution in [3.63, 3.8) is 0 Å². The third-order valence-corrected chi connectivity index (χ3v) is 4.81. The van der Waals surface area contributed by atoms with Crippen molar-refractivity contribution in [2.45, 2.75) is 17.3 Å². The van der Waals surface area contributed by atoms with Gasteiger partial charge in [0.1, 0.15) is 4.75 Å². The van der Waals surface area contributed by atoms with E-state index in [4.69, 9.17) is 15.5 Å². The van der Waals surface area contributed by atoms with E-state index < -0.39 is 29.5 Å². The maximum atomic E-state index is 13.6. The molecule has 1 rings (SSSR count). The Morgan fingerprint density at radius 3 is 2.30 bits per heavy atom. The van der Waals surface area contributed by atoms with Crippen LogP contribution in [0.2, 0.25) is 0 Å². The summed E-state index contributed by atoms with van der Waals surface area (Å²) in [6.07, 6.45) is 0. The summed E-state index contributed by atoms with van der Waals surface area (Å²) in [6, 6.07) is 3.05. The lowest BCUT2D eigenvalue weighted by atomic mass is 9.98. The molecule has 1 aromatic rings. The molecule has 0 aliphatic rings. The second-order valence-corrected chi connectivity index (χ2v) is 7.61. The summed E-state index contributed by atoms with van der Waals surface area (Å²) in [6.45, 7) is 1.38. The van der Waals surface area contributed by atoms with Crippen molar-refractivity contribution < 1.29 is 27.9 Å². The average molecular weight is 390 g/mol. The zero-order valence-corrected chi connectivity index (χ0v) is 13.4. The molecule has 5 nitrogen and oxygen atoms in total. The van der Waals surface area contributed by atoms with Gasteiger partial charge >= 0.3 is 13.3 Å². The lowest BCUT2D eigenvalue weighted by Gasteiger charge is -2.23. The van der Waals surface area contributed by atoms with Crippen LogP contribution in [0, 0.1) is 0 Å². The lowest BCUT2D eigenvalue weighted by molar-refractivity contribution is -0.120. The van der Waals surface area contributed by atoms with Crippen LogP contribution in [-0.4, -0.2) is 15.7 Å². The Bertz CT molecular complexity index is 605. The van der Waals surface area contributed by atoms with Gasteiger partial charge in [0, 0.05) is 10.0 Å². The first kappa shape index (κ1) is 17.6. The van der Waals surface area contributed by atoms with Crippen LogP contribution in [0.1, 0.15) is 18.1 Å².